The molecule has 4 saturated carbocycles. The lowest BCUT2D eigenvalue weighted by molar-refractivity contribution is -0.254. The maximum atomic E-state index is 12.4. The fourth-order valence-electron chi connectivity index (χ4n) is 8.75. The standard InChI is InChI=1S/C25H36O7/c1-14(26)32-19-12-25(30)18-6-9-24(29)11-16(27)4-7-22(24,2)17(18)5-8-23(25,3)21(19)15-10-20(28)31-13-15/h10,16-19,21,27,29-30H,4-9,11-13H2,1-3H3/t16?,17-,18-,19?,21?,22?,23?,24?,25?/m1/s1. The molecule has 5 aliphatic rings. The summed E-state index contributed by atoms with van der Waals surface area (Å²) < 4.78 is 10.9. The van der Waals surface area contributed by atoms with Crippen molar-refractivity contribution < 1.29 is 34.4 Å². The highest BCUT2D eigenvalue weighted by Gasteiger charge is 2.72. The molecular formula is C25H36O7. The number of hydrogen-bond acceptors (Lipinski definition) is 7. The highest BCUT2D eigenvalue weighted by Crippen LogP contribution is 2.70. The van der Waals surface area contributed by atoms with E-state index in [1.165, 1.54) is 13.0 Å². The van der Waals surface area contributed by atoms with Crippen LogP contribution in [0.1, 0.15) is 72.1 Å². The molecule has 7 nitrogen and oxygen atoms in total. The molecule has 0 spiro atoms. The second-order valence-electron chi connectivity index (χ2n) is 11.6. The van der Waals surface area contributed by atoms with Gasteiger partial charge in [0, 0.05) is 37.2 Å². The molecule has 1 aliphatic heterocycles. The van der Waals surface area contributed by atoms with E-state index in [0.717, 1.165) is 18.4 Å². The van der Waals surface area contributed by atoms with Crippen LogP contribution in [0.25, 0.3) is 0 Å². The highest BCUT2D eigenvalue weighted by atomic mass is 16.5. The van der Waals surface area contributed by atoms with Gasteiger partial charge >= 0.3 is 11.9 Å². The molecule has 3 N–H and O–H groups in total. The van der Waals surface area contributed by atoms with Gasteiger partial charge in [0.25, 0.3) is 0 Å². The van der Waals surface area contributed by atoms with E-state index in [4.69, 9.17) is 9.47 Å². The van der Waals surface area contributed by atoms with Crippen molar-refractivity contribution in [3.05, 3.63) is 11.6 Å². The van der Waals surface area contributed by atoms with Crippen LogP contribution in [0.15, 0.2) is 11.6 Å². The fourth-order valence-corrected chi connectivity index (χ4v) is 8.75. The van der Waals surface area contributed by atoms with Gasteiger partial charge in [-0.25, -0.2) is 4.79 Å². The van der Waals surface area contributed by atoms with E-state index in [9.17, 15) is 24.9 Å². The summed E-state index contributed by atoms with van der Waals surface area (Å²) in [5.41, 5.74) is -2.12. The molecule has 0 saturated heterocycles. The normalized spacial score (nSPS) is 52.4. The molecule has 0 aromatic rings. The number of ether oxygens (including phenoxy) is 2. The molecule has 32 heavy (non-hydrogen) atoms. The van der Waals surface area contributed by atoms with Crippen LogP contribution in [0.4, 0.5) is 0 Å². The fraction of sp³-hybridized carbons (Fsp3) is 0.840. The molecule has 9 atom stereocenters. The van der Waals surface area contributed by atoms with Crippen LogP contribution < -0.4 is 0 Å². The first kappa shape index (κ1) is 22.4. The van der Waals surface area contributed by atoms with E-state index < -0.39 is 28.8 Å². The lowest BCUT2D eigenvalue weighted by atomic mass is 9.42. The second kappa shape index (κ2) is 7.03. The van der Waals surface area contributed by atoms with Crippen LogP contribution in [-0.2, 0) is 19.1 Å². The monoisotopic (exact) mass is 448 g/mol. The van der Waals surface area contributed by atoms with Crippen molar-refractivity contribution in [1.29, 1.82) is 0 Å². The van der Waals surface area contributed by atoms with Crippen molar-refractivity contribution in [3.63, 3.8) is 0 Å². The summed E-state index contributed by atoms with van der Waals surface area (Å²) in [6, 6.07) is 0. The van der Waals surface area contributed by atoms with Crippen LogP contribution in [0.3, 0.4) is 0 Å². The zero-order chi connectivity index (χ0) is 23.1. The number of carbonyl (C=O) groups excluding carboxylic acids is 2. The first-order valence-corrected chi connectivity index (χ1v) is 12.1. The SMILES string of the molecule is CC(=O)OC1CC2(O)[C@@H]3CCC4(O)CC(O)CCC4(C)[C@@H]3CCC2(C)C1C1=CC(=O)OC1. The molecule has 0 aromatic carbocycles. The number of cyclic esters (lactones) is 1. The second-order valence-corrected chi connectivity index (χ2v) is 11.6. The Kier molecular flexibility index (Phi) is 4.91. The Hall–Kier alpha value is -1.44. The van der Waals surface area contributed by atoms with Crippen LogP contribution in [0.5, 0.6) is 0 Å². The minimum Gasteiger partial charge on any atom is -0.462 e. The minimum atomic E-state index is -1.08. The van der Waals surface area contributed by atoms with Crippen molar-refractivity contribution in [2.45, 2.75) is 95.5 Å². The van der Waals surface area contributed by atoms with E-state index in [0.29, 0.717) is 38.5 Å². The molecular weight excluding hydrogens is 412 g/mol. The molecule has 7 heteroatoms. The van der Waals surface area contributed by atoms with E-state index in [1.807, 2.05) is 0 Å². The van der Waals surface area contributed by atoms with Gasteiger partial charge in [0.15, 0.2) is 0 Å². The zero-order valence-corrected chi connectivity index (χ0v) is 19.3. The van der Waals surface area contributed by atoms with Gasteiger partial charge in [-0.1, -0.05) is 13.8 Å². The molecule has 5 rings (SSSR count). The zero-order valence-electron chi connectivity index (χ0n) is 19.3. The van der Waals surface area contributed by atoms with Gasteiger partial charge in [-0.15, -0.1) is 0 Å². The average Bonchev–Trinajstić information content (AvgIpc) is 3.20. The van der Waals surface area contributed by atoms with Gasteiger partial charge in [0.2, 0.25) is 0 Å². The molecule has 0 radical (unpaired) electrons. The highest BCUT2D eigenvalue weighted by molar-refractivity contribution is 5.85. The van der Waals surface area contributed by atoms with Crippen LogP contribution >= 0.6 is 0 Å². The van der Waals surface area contributed by atoms with Crippen molar-refractivity contribution in [1.82, 2.24) is 0 Å². The van der Waals surface area contributed by atoms with E-state index in [1.54, 1.807) is 0 Å². The van der Waals surface area contributed by atoms with E-state index in [2.05, 4.69) is 13.8 Å². The summed E-state index contributed by atoms with van der Waals surface area (Å²) in [5, 5.41) is 34.3. The van der Waals surface area contributed by atoms with E-state index >= 15 is 0 Å². The third kappa shape index (κ3) is 2.83. The van der Waals surface area contributed by atoms with Crippen LogP contribution in [0, 0.1) is 28.6 Å². The van der Waals surface area contributed by atoms with Crippen molar-refractivity contribution >= 4 is 11.9 Å². The molecule has 4 fully saturated rings. The first-order valence-electron chi connectivity index (χ1n) is 12.1. The lowest BCUT2D eigenvalue weighted by Gasteiger charge is -2.65. The number of rotatable bonds is 2. The Morgan fingerprint density at radius 2 is 1.75 bits per heavy atom. The topological polar surface area (TPSA) is 113 Å². The summed E-state index contributed by atoms with van der Waals surface area (Å²) in [5.74, 6) is -0.960. The molecule has 0 bridgehead atoms. The molecule has 0 amide bonds. The van der Waals surface area contributed by atoms with Gasteiger partial charge in [0.05, 0.1) is 17.3 Å². The van der Waals surface area contributed by atoms with Crippen LogP contribution in [-0.4, -0.2) is 57.3 Å². The van der Waals surface area contributed by atoms with Crippen molar-refractivity contribution in [3.8, 4) is 0 Å². The molecule has 178 valence electrons. The summed E-state index contributed by atoms with van der Waals surface area (Å²) in [6.45, 7) is 5.78. The number of esters is 2. The Balaban J connectivity index is 1.54. The molecule has 0 aromatic heterocycles. The summed E-state index contributed by atoms with van der Waals surface area (Å²) >= 11 is 0. The predicted octanol–water partition coefficient (Wildman–Crippen LogP) is 2.26. The number of carbonyl (C=O) groups is 2. The minimum absolute atomic E-state index is 0.0385. The maximum absolute atomic E-state index is 12.4. The van der Waals surface area contributed by atoms with Gasteiger partial charge in [-0.3, -0.25) is 4.79 Å². The number of aliphatic hydroxyl groups excluding tert-OH is 1. The van der Waals surface area contributed by atoms with Crippen molar-refractivity contribution in [2.75, 3.05) is 6.61 Å². The summed E-state index contributed by atoms with van der Waals surface area (Å²) in [7, 11) is 0. The molecule has 4 aliphatic carbocycles. The Labute approximate surface area is 189 Å². The average molecular weight is 449 g/mol. The number of fused-ring (bicyclic) bond motifs is 5. The van der Waals surface area contributed by atoms with Gasteiger partial charge < -0.3 is 24.8 Å². The van der Waals surface area contributed by atoms with Gasteiger partial charge in [-0.05, 0) is 61.3 Å². The first-order chi connectivity index (χ1) is 14.9. The van der Waals surface area contributed by atoms with Crippen LogP contribution in [0.2, 0.25) is 0 Å². The maximum Gasteiger partial charge on any atom is 0.331 e. The molecule has 1 heterocycles. The van der Waals surface area contributed by atoms with Crippen molar-refractivity contribution in [2.24, 2.45) is 28.6 Å². The predicted molar refractivity (Wildman–Crippen MR) is 114 cm³/mol. The third-order valence-corrected chi connectivity index (χ3v) is 10.4. The lowest BCUT2D eigenvalue weighted by Crippen LogP contribution is -2.67. The molecule has 7 unspecified atom stereocenters. The third-order valence-electron chi connectivity index (χ3n) is 10.4. The van der Waals surface area contributed by atoms with Gasteiger partial charge in [-0.2, -0.15) is 0 Å². The Morgan fingerprint density at radius 3 is 2.41 bits per heavy atom. The van der Waals surface area contributed by atoms with Gasteiger partial charge in [0.1, 0.15) is 12.7 Å². The number of aliphatic hydroxyl groups is 3. The largest absolute Gasteiger partial charge is 0.462 e. The Morgan fingerprint density at radius 1 is 1.06 bits per heavy atom. The number of hydrogen-bond donors (Lipinski definition) is 3. The summed E-state index contributed by atoms with van der Waals surface area (Å²) in [6.07, 6.45) is 5.44. The Bertz CT molecular complexity index is 868. The summed E-state index contributed by atoms with van der Waals surface area (Å²) in [4.78, 5) is 23.8. The smallest absolute Gasteiger partial charge is 0.331 e. The van der Waals surface area contributed by atoms with E-state index in [-0.39, 0.29) is 41.7 Å². The quantitative estimate of drug-likeness (QED) is 0.555.